The van der Waals surface area contributed by atoms with E-state index in [1.807, 2.05) is 12.1 Å². The molecule has 1 aromatic heterocycles. The zero-order valence-electron chi connectivity index (χ0n) is 14.1. The Morgan fingerprint density at radius 3 is 2.62 bits per heavy atom. The highest BCUT2D eigenvalue weighted by Crippen LogP contribution is 2.29. The Morgan fingerprint density at radius 1 is 1.12 bits per heavy atom. The summed E-state index contributed by atoms with van der Waals surface area (Å²) in [6, 6.07) is 14.2. The molecule has 0 atom stereocenters. The van der Waals surface area contributed by atoms with Gasteiger partial charge >= 0.3 is 5.69 Å². The molecular formula is C19H16N4O3. The number of ketones is 1. The fourth-order valence-corrected chi connectivity index (χ4v) is 3.12. The maximum absolute atomic E-state index is 12.8. The summed E-state index contributed by atoms with van der Waals surface area (Å²) in [5.41, 5.74) is 2.43. The topological polar surface area (TPSA) is 88.1 Å². The third kappa shape index (κ3) is 2.63. The van der Waals surface area contributed by atoms with Crippen LogP contribution in [0.1, 0.15) is 33.5 Å². The summed E-state index contributed by atoms with van der Waals surface area (Å²) in [6.07, 6.45) is 0.659. The van der Waals surface area contributed by atoms with E-state index in [-0.39, 0.29) is 17.5 Å². The summed E-state index contributed by atoms with van der Waals surface area (Å²) in [6.45, 7) is 2.00. The number of rotatable bonds is 3. The summed E-state index contributed by atoms with van der Waals surface area (Å²) in [7, 11) is 0. The fourth-order valence-electron chi connectivity index (χ4n) is 3.12. The monoisotopic (exact) mass is 348 g/mol. The van der Waals surface area contributed by atoms with Gasteiger partial charge in [-0.15, -0.1) is 5.10 Å². The first-order valence-corrected chi connectivity index (χ1v) is 8.25. The normalized spacial score (nSPS) is 12.9. The number of nitrogens with zero attached hydrogens (tertiary/aromatic N) is 3. The Balaban J connectivity index is 1.67. The molecule has 26 heavy (non-hydrogen) atoms. The standard InChI is InChI=1S/C19H16N4O3/c1-12(24)13-7-8-16-14(11-13)9-10-22(16)18(25)17-20-19(26)23(21-17)15-5-3-2-4-6-15/h2-8,11H,9-10H2,1H3,(H,20,21,26). The number of nitrogens with one attached hydrogen (secondary N) is 1. The summed E-state index contributed by atoms with van der Waals surface area (Å²) in [5, 5.41) is 4.15. The van der Waals surface area contributed by atoms with E-state index in [9.17, 15) is 14.4 Å². The molecule has 0 saturated heterocycles. The molecule has 0 aliphatic carbocycles. The van der Waals surface area contributed by atoms with Crippen molar-refractivity contribution >= 4 is 17.4 Å². The summed E-state index contributed by atoms with van der Waals surface area (Å²) >= 11 is 0. The van der Waals surface area contributed by atoms with Crippen LogP contribution in [-0.2, 0) is 6.42 Å². The lowest BCUT2D eigenvalue weighted by molar-refractivity contribution is 0.0978. The van der Waals surface area contributed by atoms with E-state index < -0.39 is 5.69 Å². The number of aromatic nitrogens is 3. The predicted octanol–water partition coefficient (Wildman–Crippen LogP) is 1.97. The fraction of sp³-hybridized carbons (Fsp3) is 0.158. The molecule has 7 heteroatoms. The van der Waals surface area contributed by atoms with E-state index in [1.165, 1.54) is 11.6 Å². The first-order valence-electron chi connectivity index (χ1n) is 8.25. The number of carbonyl (C=O) groups is 2. The number of carbonyl (C=O) groups excluding carboxylic acids is 2. The molecule has 2 heterocycles. The zero-order chi connectivity index (χ0) is 18.3. The first-order chi connectivity index (χ1) is 12.5. The van der Waals surface area contributed by atoms with Crippen molar-refractivity contribution in [1.82, 2.24) is 14.8 Å². The SMILES string of the molecule is CC(=O)c1ccc2c(c1)CCN2C(=O)c1nn(-c2ccccc2)c(=O)[nH]1. The van der Waals surface area contributed by atoms with Gasteiger partial charge in [0.25, 0.3) is 5.91 Å². The third-order valence-corrected chi connectivity index (χ3v) is 4.45. The van der Waals surface area contributed by atoms with E-state index in [2.05, 4.69) is 10.1 Å². The van der Waals surface area contributed by atoms with Gasteiger partial charge < -0.3 is 4.90 Å². The number of amides is 1. The molecule has 1 amide bonds. The average molecular weight is 348 g/mol. The zero-order valence-corrected chi connectivity index (χ0v) is 14.1. The van der Waals surface area contributed by atoms with Crippen LogP contribution in [0.4, 0.5) is 5.69 Å². The number of para-hydroxylation sites is 1. The lowest BCUT2D eigenvalue weighted by Gasteiger charge is -2.15. The molecule has 0 spiro atoms. The molecule has 1 N–H and O–H groups in total. The van der Waals surface area contributed by atoms with E-state index in [0.29, 0.717) is 24.2 Å². The number of aromatic amines is 1. The molecule has 0 radical (unpaired) electrons. The Kier molecular flexibility index (Phi) is 3.76. The van der Waals surface area contributed by atoms with Crippen LogP contribution in [0.25, 0.3) is 5.69 Å². The van der Waals surface area contributed by atoms with Gasteiger partial charge in [0, 0.05) is 17.8 Å². The lowest BCUT2D eigenvalue weighted by atomic mass is 10.1. The van der Waals surface area contributed by atoms with Gasteiger partial charge in [0.2, 0.25) is 5.82 Å². The van der Waals surface area contributed by atoms with Gasteiger partial charge in [-0.2, -0.15) is 4.68 Å². The van der Waals surface area contributed by atoms with Crippen LogP contribution in [0.5, 0.6) is 0 Å². The molecule has 1 aliphatic heterocycles. The van der Waals surface area contributed by atoms with Crippen molar-refractivity contribution in [3.8, 4) is 5.69 Å². The summed E-state index contributed by atoms with van der Waals surface area (Å²) < 4.78 is 1.17. The van der Waals surface area contributed by atoms with Crippen molar-refractivity contribution in [2.75, 3.05) is 11.4 Å². The lowest BCUT2D eigenvalue weighted by Crippen LogP contribution is -2.30. The number of fused-ring (bicyclic) bond motifs is 1. The second-order valence-electron chi connectivity index (χ2n) is 6.13. The Morgan fingerprint density at radius 2 is 1.88 bits per heavy atom. The van der Waals surface area contributed by atoms with Crippen molar-refractivity contribution in [3.05, 3.63) is 76.0 Å². The second-order valence-corrected chi connectivity index (χ2v) is 6.13. The molecule has 0 bridgehead atoms. The third-order valence-electron chi connectivity index (χ3n) is 4.45. The van der Waals surface area contributed by atoms with Gasteiger partial charge in [-0.1, -0.05) is 18.2 Å². The number of anilines is 1. The largest absolute Gasteiger partial charge is 0.348 e. The van der Waals surface area contributed by atoms with E-state index >= 15 is 0 Å². The number of hydrogen-bond acceptors (Lipinski definition) is 4. The quantitative estimate of drug-likeness (QED) is 0.733. The molecule has 7 nitrogen and oxygen atoms in total. The van der Waals surface area contributed by atoms with Gasteiger partial charge in [-0.05, 0) is 49.2 Å². The molecule has 4 rings (SSSR count). The van der Waals surface area contributed by atoms with Crippen LogP contribution in [0.15, 0.2) is 53.3 Å². The molecule has 2 aromatic carbocycles. The molecule has 0 saturated carbocycles. The average Bonchev–Trinajstić information content (AvgIpc) is 3.25. The highest BCUT2D eigenvalue weighted by Gasteiger charge is 2.28. The van der Waals surface area contributed by atoms with Crippen molar-refractivity contribution < 1.29 is 9.59 Å². The van der Waals surface area contributed by atoms with Crippen LogP contribution in [0.3, 0.4) is 0 Å². The highest BCUT2D eigenvalue weighted by atomic mass is 16.2. The smallest absolute Gasteiger partial charge is 0.305 e. The van der Waals surface area contributed by atoms with Gasteiger partial charge in [0.1, 0.15) is 0 Å². The number of H-pyrrole nitrogens is 1. The van der Waals surface area contributed by atoms with Crippen molar-refractivity contribution in [1.29, 1.82) is 0 Å². The molecule has 0 unspecified atom stereocenters. The second kappa shape index (κ2) is 6.11. The van der Waals surface area contributed by atoms with Gasteiger partial charge in [0.05, 0.1) is 5.69 Å². The number of benzene rings is 2. The van der Waals surface area contributed by atoms with E-state index in [1.54, 1.807) is 41.3 Å². The minimum absolute atomic E-state index is 0.0106. The van der Waals surface area contributed by atoms with Crippen LogP contribution in [-0.4, -0.2) is 33.0 Å². The van der Waals surface area contributed by atoms with Crippen LogP contribution in [0, 0.1) is 0 Å². The van der Waals surface area contributed by atoms with Crippen molar-refractivity contribution in [2.45, 2.75) is 13.3 Å². The highest BCUT2D eigenvalue weighted by molar-refractivity contribution is 6.05. The molecule has 130 valence electrons. The van der Waals surface area contributed by atoms with Crippen molar-refractivity contribution in [2.24, 2.45) is 0 Å². The molecule has 0 fully saturated rings. The van der Waals surface area contributed by atoms with E-state index in [4.69, 9.17) is 0 Å². The number of hydrogen-bond donors (Lipinski definition) is 1. The molecule has 3 aromatic rings. The maximum Gasteiger partial charge on any atom is 0.348 e. The van der Waals surface area contributed by atoms with Crippen LogP contribution >= 0.6 is 0 Å². The number of Topliss-reactive ketones (excluding diaryl/α,β-unsaturated/α-hetero) is 1. The minimum atomic E-state index is -0.467. The summed E-state index contributed by atoms with van der Waals surface area (Å²) in [5.74, 6) is -0.392. The Hall–Kier alpha value is -3.48. The van der Waals surface area contributed by atoms with Crippen molar-refractivity contribution in [3.63, 3.8) is 0 Å². The Bertz CT molecular complexity index is 1070. The predicted molar refractivity (Wildman–Crippen MR) is 96.0 cm³/mol. The van der Waals surface area contributed by atoms with Crippen LogP contribution < -0.4 is 10.6 Å². The van der Waals surface area contributed by atoms with Crippen LogP contribution in [0.2, 0.25) is 0 Å². The minimum Gasteiger partial charge on any atom is -0.305 e. The Labute approximate surface area is 148 Å². The maximum atomic E-state index is 12.8. The van der Waals surface area contributed by atoms with E-state index in [0.717, 1.165) is 11.3 Å². The van der Waals surface area contributed by atoms with Gasteiger partial charge in [-0.3, -0.25) is 14.6 Å². The first kappa shape index (κ1) is 16.0. The van der Waals surface area contributed by atoms with Gasteiger partial charge in [-0.25, -0.2) is 4.79 Å². The molecule has 1 aliphatic rings. The summed E-state index contributed by atoms with van der Waals surface area (Å²) in [4.78, 5) is 40.6. The molecular weight excluding hydrogens is 332 g/mol. The van der Waals surface area contributed by atoms with Gasteiger partial charge in [0.15, 0.2) is 5.78 Å².